The van der Waals surface area contributed by atoms with Crippen LogP contribution in [0.25, 0.3) is 0 Å². The molecule has 4 heteroatoms. The Morgan fingerprint density at radius 2 is 1.48 bits per heavy atom. The Balaban J connectivity index is 0.000000681. The molecule has 216 valence electrons. The third-order valence-electron chi connectivity index (χ3n) is 8.27. The van der Waals surface area contributed by atoms with E-state index >= 15 is 0 Å². The number of rotatable bonds is 10. The summed E-state index contributed by atoms with van der Waals surface area (Å²) < 4.78 is 6.27. The first-order valence-electron chi connectivity index (χ1n) is 15.6. The van der Waals surface area contributed by atoms with Crippen LogP contribution in [-0.4, -0.2) is 49.1 Å². The molecule has 3 aromatic carbocycles. The molecule has 2 aliphatic heterocycles. The summed E-state index contributed by atoms with van der Waals surface area (Å²) in [6, 6.07) is 26.6. The molecule has 4 nitrogen and oxygen atoms in total. The Bertz CT molecular complexity index is 1100. The van der Waals surface area contributed by atoms with Crippen molar-refractivity contribution < 1.29 is 4.74 Å². The number of piperidine rings is 1. The highest BCUT2D eigenvalue weighted by Gasteiger charge is 2.20. The molecule has 0 saturated carbocycles. The van der Waals surface area contributed by atoms with E-state index in [2.05, 4.69) is 109 Å². The van der Waals surface area contributed by atoms with Crippen LogP contribution < -0.4 is 10.1 Å². The van der Waals surface area contributed by atoms with Gasteiger partial charge in [-0.15, -0.1) is 0 Å². The van der Waals surface area contributed by atoms with Gasteiger partial charge in [-0.3, -0.25) is 9.80 Å². The molecule has 0 atom stereocenters. The van der Waals surface area contributed by atoms with Gasteiger partial charge in [0.1, 0.15) is 5.75 Å². The molecule has 2 aliphatic rings. The van der Waals surface area contributed by atoms with Crippen LogP contribution in [0.5, 0.6) is 5.75 Å². The maximum Gasteiger partial charge on any atom is 0.119 e. The molecule has 0 aliphatic carbocycles. The van der Waals surface area contributed by atoms with E-state index in [0.29, 0.717) is 0 Å². The van der Waals surface area contributed by atoms with Gasteiger partial charge in [0.05, 0.1) is 6.61 Å². The van der Waals surface area contributed by atoms with Crippen molar-refractivity contribution in [2.45, 2.75) is 72.5 Å². The molecule has 0 amide bonds. The zero-order chi connectivity index (χ0) is 28.0. The van der Waals surface area contributed by atoms with Crippen LogP contribution in [0.15, 0.2) is 72.8 Å². The standard InChI is InChI=1S/C32H40N2O.C4H11N/c1-26-9-11-29(12-10-26)23-33-19-15-27(16-20-33)17-21-35-32-14-13-30-8-5-18-34(25-31(30)22-32)24-28-6-3-2-4-7-28;1-3-5-4-2/h2-4,6-7,9-14,22,27H,5,8,15-21,23-25H2,1H3;5H,3-4H2,1-2H3. The van der Waals surface area contributed by atoms with E-state index < -0.39 is 0 Å². The highest BCUT2D eigenvalue weighted by molar-refractivity contribution is 5.36. The van der Waals surface area contributed by atoms with Crippen LogP contribution in [0.4, 0.5) is 0 Å². The van der Waals surface area contributed by atoms with Crippen LogP contribution in [0.1, 0.15) is 67.3 Å². The normalized spacial score (nSPS) is 16.5. The summed E-state index contributed by atoms with van der Waals surface area (Å²) in [5.41, 5.74) is 7.11. The van der Waals surface area contributed by atoms with Crippen molar-refractivity contribution in [2.24, 2.45) is 5.92 Å². The summed E-state index contributed by atoms with van der Waals surface area (Å²) in [6.45, 7) is 16.1. The van der Waals surface area contributed by atoms with Gasteiger partial charge in [0.15, 0.2) is 0 Å². The fourth-order valence-corrected chi connectivity index (χ4v) is 5.85. The Kier molecular flexibility index (Phi) is 12.6. The highest BCUT2D eigenvalue weighted by Crippen LogP contribution is 2.26. The lowest BCUT2D eigenvalue weighted by Gasteiger charge is -2.32. The first-order valence-corrected chi connectivity index (χ1v) is 15.6. The summed E-state index contributed by atoms with van der Waals surface area (Å²) in [7, 11) is 0. The van der Waals surface area contributed by atoms with E-state index in [4.69, 9.17) is 4.74 Å². The molecule has 0 aromatic heterocycles. The summed E-state index contributed by atoms with van der Waals surface area (Å²) in [5, 5.41) is 3.11. The zero-order valence-electron chi connectivity index (χ0n) is 25.2. The number of likely N-dealkylation sites (tertiary alicyclic amines) is 1. The lowest BCUT2D eigenvalue weighted by molar-refractivity contribution is 0.157. The maximum absolute atomic E-state index is 6.27. The number of benzene rings is 3. The van der Waals surface area contributed by atoms with Crippen molar-refractivity contribution in [1.82, 2.24) is 15.1 Å². The highest BCUT2D eigenvalue weighted by atomic mass is 16.5. The molecule has 0 radical (unpaired) electrons. The van der Waals surface area contributed by atoms with Crippen molar-refractivity contribution in [1.29, 1.82) is 0 Å². The first kappa shape index (κ1) is 30.3. The number of fused-ring (bicyclic) bond motifs is 1. The zero-order valence-corrected chi connectivity index (χ0v) is 25.2. The summed E-state index contributed by atoms with van der Waals surface area (Å²) >= 11 is 0. The van der Waals surface area contributed by atoms with Crippen LogP contribution in [0.2, 0.25) is 0 Å². The second-order valence-corrected chi connectivity index (χ2v) is 11.5. The van der Waals surface area contributed by atoms with Crippen molar-refractivity contribution in [3.8, 4) is 5.75 Å². The van der Waals surface area contributed by atoms with Crippen molar-refractivity contribution in [3.63, 3.8) is 0 Å². The van der Waals surface area contributed by atoms with E-state index in [1.54, 1.807) is 0 Å². The van der Waals surface area contributed by atoms with E-state index in [1.807, 2.05) is 0 Å². The molecule has 40 heavy (non-hydrogen) atoms. The van der Waals surface area contributed by atoms with Gasteiger partial charge in [0, 0.05) is 19.6 Å². The van der Waals surface area contributed by atoms with E-state index in [0.717, 1.165) is 64.0 Å². The lowest BCUT2D eigenvalue weighted by atomic mass is 9.93. The SMILES string of the molecule is CCNCC.Cc1ccc(CN2CCC(CCOc3ccc4c(c3)CN(Cc3ccccc3)CCC4)CC2)cc1. The Morgan fingerprint density at radius 1 is 0.775 bits per heavy atom. The number of aryl methyl sites for hydroxylation is 2. The van der Waals surface area contributed by atoms with Crippen molar-refractivity contribution in [3.05, 3.63) is 101 Å². The Morgan fingerprint density at radius 3 is 2.17 bits per heavy atom. The number of nitrogens with zero attached hydrogens (tertiary/aromatic N) is 2. The van der Waals surface area contributed by atoms with Gasteiger partial charge in [-0.2, -0.15) is 0 Å². The summed E-state index contributed by atoms with van der Waals surface area (Å²) in [4.78, 5) is 5.19. The van der Waals surface area contributed by atoms with Crippen LogP contribution in [0.3, 0.4) is 0 Å². The van der Waals surface area contributed by atoms with E-state index in [1.165, 1.54) is 66.6 Å². The second-order valence-electron chi connectivity index (χ2n) is 11.5. The molecule has 3 aromatic rings. The van der Waals surface area contributed by atoms with Crippen LogP contribution in [-0.2, 0) is 26.1 Å². The third kappa shape index (κ3) is 10.1. The van der Waals surface area contributed by atoms with Gasteiger partial charge in [0.2, 0.25) is 0 Å². The summed E-state index contributed by atoms with van der Waals surface area (Å²) in [6.07, 6.45) is 6.13. The van der Waals surface area contributed by atoms with E-state index in [9.17, 15) is 0 Å². The lowest BCUT2D eigenvalue weighted by Crippen LogP contribution is -2.33. The van der Waals surface area contributed by atoms with Gasteiger partial charge in [-0.1, -0.05) is 80.1 Å². The molecule has 0 bridgehead atoms. The molecule has 2 heterocycles. The minimum absolute atomic E-state index is 0.784. The number of hydrogen-bond acceptors (Lipinski definition) is 4. The second kappa shape index (κ2) is 16.6. The molecular weight excluding hydrogens is 490 g/mol. The largest absolute Gasteiger partial charge is 0.494 e. The minimum Gasteiger partial charge on any atom is -0.494 e. The van der Waals surface area contributed by atoms with Crippen molar-refractivity contribution in [2.75, 3.05) is 39.3 Å². The molecule has 0 spiro atoms. The van der Waals surface area contributed by atoms with Gasteiger partial charge in [-0.25, -0.2) is 0 Å². The topological polar surface area (TPSA) is 27.7 Å². The van der Waals surface area contributed by atoms with Crippen molar-refractivity contribution >= 4 is 0 Å². The molecule has 1 fully saturated rings. The van der Waals surface area contributed by atoms with Gasteiger partial charge >= 0.3 is 0 Å². The first-order chi connectivity index (χ1) is 19.6. The monoisotopic (exact) mass is 541 g/mol. The van der Waals surface area contributed by atoms with Crippen LogP contribution in [0, 0.1) is 12.8 Å². The summed E-state index contributed by atoms with van der Waals surface area (Å²) in [5.74, 6) is 1.83. The number of hydrogen-bond donors (Lipinski definition) is 1. The Labute approximate surface area is 243 Å². The predicted molar refractivity (Wildman–Crippen MR) is 169 cm³/mol. The fraction of sp³-hybridized carbons (Fsp3) is 0.500. The molecule has 5 rings (SSSR count). The molecular formula is C36H51N3O. The van der Waals surface area contributed by atoms with Gasteiger partial charge in [0.25, 0.3) is 0 Å². The van der Waals surface area contributed by atoms with Crippen LogP contribution >= 0.6 is 0 Å². The number of ether oxygens (including phenoxy) is 1. The Hall–Kier alpha value is -2.66. The smallest absolute Gasteiger partial charge is 0.119 e. The molecule has 1 saturated heterocycles. The van der Waals surface area contributed by atoms with Gasteiger partial charge in [-0.05, 0) is 112 Å². The molecule has 0 unspecified atom stereocenters. The van der Waals surface area contributed by atoms with E-state index in [-0.39, 0.29) is 0 Å². The van der Waals surface area contributed by atoms with Gasteiger partial charge < -0.3 is 10.1 Å². The predicted octanol–water partition coefficient (Wildman–Crippen LogP) is 7.24. The number of nitrogens with one attached hydrogen (secondary N) is 1. The molecule has 1 N–H and O–H groups in total. The average molecular weight is 542 g/mol. The maximum atomic E-state index is 6.27. The fourth-order valence-electron chi connectivity index (χ4n) is 5.85. The quantitative estimate of drug-likeness (QED) is 0.293. The average Bonchev–Trinajstić information content (AvgIpc) is 3.18. The minimum atomic E-state index is 0.784. The third-order valence-corrected chi connectivity index (χ3v) is 8.27.